The highest BCUT2D eigenvalue weighted by Gasteiger charge is 2.49. The Labute approximate surface area is 378 Å². The van der Waals surface area contributed by atoms with E-state index in [9.17, 15) is 27.7 Å². The number of anilines is 2. The lowest BCUT2D eigenvalue weighted by Crippen LogP contribution is -2.63. The normalized spacial score (nSPS) is 22.3. The fraction of sp³-hybridized carbons (Fsp3) is 0.469. The van der Waals surface area contributed by atoms with Crippen LogP contribution in [0.4, 0.5) is 21.5 Å². The van der Waals surface area contributed by atoms with Crippen molar-refractivity contribution in [1.29, 1.82) is 0 Å². The lowest BCUT2D eigenvalue weighted by Gasteiger charge is -2.57. The topological polar surface area (TPSA) is 172 Å². The van der Waals surface area contributed by atoms with Crippen LogP contribution in [-0.4, -0.2) is 79.0 Å². The van der Waals surface area contributed by atoms with Crippen molar-refractivity contribution in [2.24, 2.45) is 11.3 Å². The number of hydrogen-bond donors (Lipinski definition) is 3. The Hall–Kier alpha value is -5.74. The number of sulfonamides is 1. The van der Waals surface area contributed by atoms with Crippen molar-refractivity contribution in [3.05, 3.63) is 106 Å². The molecule has 5 heterocycles. The number of carbonyl (C=O) groups excluding carboxylic acids is 1. The molecule has 1 spiro atoms. The monoisotopic (exact) mass is 905 g/mol. The second kappa shape index (κ2) is 17.2. The number of piperidine rings is 1. The van der Waals surface area contributed by atoms with E-state index >= 15 is 0 Å². The van der Waals surface area contributed by atoms with Gasteiger partial charge in [0.25, 0.3) is 21.6 Å². The summed E-state index contributed by atoms with van der Waals surface area (Å²) in [4.78, 5) is 37.3. The number of likely N-dealkylation sites (tertiary alicyclic amines) is 1. The summed E-state index contributed by atoms with van der Waals surface area (Å²) in [5.74, 6) is -0.00748. The summed E-state index contributed by atoms with van der Waals surface area (Å²) < 4.78 is 56.8. The standard InChI is InChI=1S/C49H56FN7O7S/c1-30(2)35-11-6-7-12-36(35)37-13-8-14-42(37)56-28-49(29-56)17-19-55(20-18-49)32-15-16-38(44(21-32)64-33-22-39-40(50)26-52-47(39)51-25-33)48(58)54-65(61,62)34-23-43(57(59)60)46-45(24-34)63-27-41(53-46)31-9-4-3-5-10-31/h6-7,11-12,15-16,21-26,30-31,37,41-42,53H,3-5,8-10,13-14,17-20,27-29H2,1-2H3,(H,51,52)(H,54,58)/t37-,41-,42-/m1/s1. The number of amides is 1. The minimum Gasteiger partial charge on any atom is -0.489 e. The van der Waals surface area contributed by atoms with E-state index in [1.165, 1.54) is 61.0 Å². The Balaban J connectivity index is 0.869. The van der Waals surface area contributed by atoms with Crippen LogP contribution in [0, 0.1) is 27.3 Å². The number of hydrogen-bond acceptors (Lipinski definition) is 11. The van der Waals surface area contributed by atoms with Crippen LogP contribution in [-0.2, 0) is 10.0 Å². The minimum absolute atomic E-state index is 0.0282. The van der Waals surface area contributed by atoms with Gasteiger partial charge in [-0.2, -0.15) is 0 Å². The molecule has 65 heavy (non-hydrogen) atoms. The number of H-pyrrole nitrogens is 1. The lowest BCUT2D eigenvalue weighted by molar-refractivity contribution is -0.384. The van der Waals surface area contributed by atoms with E-state index < -0.39 is 37.3 Å². The Morgan fingerprint density at radius 3 is 2.57 bits per heavy atom. The molecule has 3 aromatic carbocycles. The van der Waals surface area contributed by atoms with Crippen LogP contribution in [0.25, 0.3) is 11.0 Å². The molecule has 342 valence electrons. The molecular formula is C49H56FN7O7S. The molecule has 2 saturated heterocycles. The predicted molar refractivity (Wildman–Crippen MR) is 246 cm³/mol. The molecule has 2 aromatic heterocycles. The van der Waals surface area contributed by atoms with Gasteiger partial charge >= 0.3 is 0 Å². The number of rotatable bonds is 11. The van der Waals surface area contributed by atoms with Crippen LogP contribution in [0.1, 0.15) is 111 Å². The van der Waals surface area contributed by atoms with Crippen molar-refractivity contribution in [2.45, 2.75) is 107 Å². The number of benzene rings is 3. The van der Waals surface area contributed by atoms with Crippen LogP contribution in [0.15, 0.2) is 78.0 Å². The highest BCUT2D eigenvalue weighted by molar-refractivity contribution is 7.90. The van der Waals surface area contributed by atoms with Gasteiger partial charge in [-0.25, -0.2) is 22.5 Å². The Morgan fingerprint density at radius 1 is 1.02 bits per heavy atom. The molecule has 5 aliphatic rings. The smallest absolute Gasteiger partial charge is 0.297 e. The lowest BCUT2D eigenvalue weighted by atomic mass is 9.70. The van der Waals surface area contributed by atoms with Crippen molar-refractivity contribution in [3.63, 3.8) is 0 Å². The molecule has 0 unspecified atom stereocenters. The molecule has 0 bridgehead atoms. The van der Waals surface area contributed by atoms with Gasteiger partial charge in [0.2, 0.25) is 0 Å². The van der Waals surface area contributed by atoms with E-state index in [2.05, 4.69) is 67.9 Å². The number of pyridine rings is 1. The summed E-state index contributed by atoms with van der Waals surface area (Å²) in [7, 11) is -4.67. The maximum Gasteiger partial charge on any atom is 0.297 e. The molecular weight excluding hydrogens is 850 g/mol. The van der Waals surface area contributed by atoms with Crippen LogP contribution >= 0.6 is 0 Å². The van der Waals surface area contributed by atoms with Gasteiger partial charge in [-0.3, -0.25) is 19.8 Å². The minimum atomic E-state index is -4.67. The number of nitrogens with one attached hydrogen (secondary N) is 3. The molecule has 2 aliphatic carbocycles. The van der Waals surface area contributed by atoms with Gasteiger partial charge < -0.3 is 24.7 Å². The quantitative estimate of drug-likeness (QED) is 0.0851. The number of nitro benzene ring substituents is 1. The zero-order valence-corrected chi connectivity index (χ0v) is 37.7. The SMILES string of the molecule is CC(C)c1ccccc1[C@H]1CCC[C@H]1N1CC2(CCN(c3ccc(C(=O)NS(=O)(=O)c4cc5c(c([N+](=O)[O-])c4)N[C@@H](C4CCCCC4)CO5)c(Oc4cnc5[nH]cc(F)c5c4)c3)CC2)C1. The molecule has 2 saturated carbocycles. The van der Waals surface area contributed by atoms with Gasteiger partial charge in [-0.05, 0) is 91.0 Å². The van der Waals surface area contributed by atoms with Crippen LogP contribution in [0.3, 0.4) is 0 Å². The van der Waals surface area contributed by atoms with Crippen molar-refractivity contribution in [1.82, 2.24) is 19.6 Å². The summed E-state index contributed by atoms with van der Waals surface area (Å²) in [5.41, 5.74) is 3.87. The van der Waals surface area contributed by atoms with E-state index in [0.29, 0.717) is 23.5 Å². The third-order valence-corrected chi connectivity index (χ3v) is 16.2. The van der Waals surface area contributed by atoms with Gasteiger partial charge in [-0.1, -0.05) is 63.8 Å². The average Bonchev–Trinajstić information content (AvgIpc) is 3.94. The highest BCUT2D eigenvalue weighted by Crippen LogP contribution is 2.49. The molecule has 16 heteroatoms. The number of aromatic amines is 1. The van der Waals surface area contributed by atoms with Gasteiger partial charge in [0.05, 0.1) is 33.0 Å². The summed E-state index contributed by atoms with van der Waals surface area (Å²) in [6.45, 7) is 8.53. The van der Waals surface area contributed by atoms with E-state index in [-0.39, 0.29) is 57.9 Å². The number of nitro groups is 1. The fourth-order valence-corrected chi connectivity index (χ4v) is 12.4. The molecule has 0 radical (unpaired) electrons. The summed E-state index contributed by atoms with van der Waals surface area (Å²) in [5, 5.41) is 15.8. The number of fused-ring (bicyclic) bond motifs is 2. The maximum atomic E-state index is 14.6. The molecule has 3 N–H and O–H groups in total. The van der Waals surface area contributed by atoms with Gasteiger partial charge in [-0.15, -0.1) is 0 Å². The van der Waals surface area contributed by atoms with Crippen LogP contribution < -0.4 is 24.4 Å². The molecule has 5 aromatic rings. The van der Waals surface area contributed by atoms with E-state index in [0.717, 1.165) is 82.9 Å². The second-order valence-corrected chi connectivity index (χ2v) is 20.9. The van der Waals surface area contributed by atoms with Crippen molar-refractivity contribution in [2.75, 3.05) is 43.0 Å². The molecule has 4 fully saturated rings. The van der Waals surface area contributed by atoms with E-state index in [1.54, 1.807) is 12.1 Å². The summed E-state index contributed by atoms with van der Waals surface area (Å²) in [6.07, 6.45) is 13.6. The molecule has 3 atom stereocenters. The average molecular weight is 906 g/mol. The molecule has 14 nitrogen and oxygen atoms in total. The predicted octanol–water partition coefficient (Wildman–Crippen LogP) is 9.64. The van der Waals surface area contributed by atoms with Gasteiger partial charge in [0.15, 0.2) is 11.4 Å². The zero-order valence-electron chi connectivity index (χ0n) is 36.9. The maximum absolute atomic E-state index is 14.6. The van der Waals surface area contributed by atoms with Crippen LogP contribution in [0.2, 0.25) is 0 Å². The van der Waals surface area contributed by atoms with Crippen molar-refractivity contribution >= 4 is 44.0 Å². The third kappa shape index (κ3) is 8.39. The number of ether oxygens (including phenoxy) is 2. The van der Waals surface area contributed by atoms with Crippen molar-refractivity contribution < 1.29 is 32.0 Å². The highest BCUT2D eigenvalue weighted by atomic mass is 32.2. The number of aromatic nitrogens is 2. The van der Waals surface area contributed by atoms with Crippen LogP contribution in [0.5, 0.6) is 17.2 Å². The fourth-order valence-electron chi connectivity index (χ4n) is 11.4. The summed E-state index contributed by atoms with van der Waals surface area (Å²) in [6, 6.07) is 18.0. The Morgan fingerprint density at radius 2 is 1.80 bits per heavy atom. The first kappa shape index (κ1) is 43.2. The van der Waals surface area contributed by atoms with E-state index in [1.807, 2.05) is 0 Å². The van der Waals surface area contributed by atoms with E-state index in [4.69, 9.17) is 9.47 Å². The van der Waals surface area contributed by atoms with Gasteiger partial charge in [0.1, 0.15) is 29.6 Å². The first-order valence-corrected chi connectivity index (χ1v) is 24.6. The molecule has 3 aliphatic heterocycles. The number of carbonyl (C=O) groups is 1. The second-order valence-electron chi connectivity index (χ2n) is 19.2. The largest absolute Gasteiger partial charge is 0.489 e. The molecule has 1 amide bonds. The zero-order chi connectivity index (χ0) is 45.0. The van der Waals surface area contributed by atoms with Crippen molar-refractivity contribution in [3.8, 4) is 17.2 Å². The molecule has 10 rings (SSSR count). The first-order chi connectivity index (χ1) is 31.3. The number of nitrogens with zero attached hydrogens (tertiary/aromatic N) is 4. The van der Waals surface area contributed by atoms with Gasteiger partial charge in [0, 0.05) is 62.3 Å². The Kier molecular flexibility index (Phi) is 11.4. The third-order valence-electron chi connectivity index (χ3n) is 14.9. The first-order valence-electron chi connectivity index (χ1n) is 23.2. The number of halogens is 1. The summed E-state index contributed by atoms with van der Waals surface area (Å²) >= 11 is 0. The Bertz CT molecular complexity index is 2740.